The van der Waals surface area contributed by atoms with Crippen LogP contribution in [0.4, 0.5) is 13.2 Å². The molecule has 2 rings (SSSR count). The Bertz CT molecular complexity index is 561. The molecule has 2 heterocycles. The number of pyridine rings is 1. The Morgan fingerprint density at radius 3 is 2.69 bits per heavy atom. The van der Waals surface area contributed by atoms with E-state index in [2.05, 4.69) is 4.98 Å². The predicted octanol–water partition coefficient (Wildman–Crippen LogP) is 3.01. The molecule has 0 unspecified atom stereocenters. The minimum absolute atomic E-state index is 0.0761. The van der Waals surface area contributed by atoms with Crippen molar-refractivity contribution in [2.75, 3.05) is 0 Å². The fourth-order valence-electron chi connectivity index (χ4n) is 1.29. The van der Waals surface area contributed by atoms with Crippen molar-refractivity contribution in [3.05, 3.63) is 28.8 Å². The molecule has 0 atom stereocenters. The molecule has 7 heteroatoms. The van der Waals surface area contributed by atoms with Crippen LogP contribution in [0, 0.1) is 0 Å². The standard InChI is InChI=1S/C9H4F3NO2S/c10-9(11,12)5-1-2-13-7-4(5)3-6(16-7)8(14)15/h1-3H,(H,14,15). The lowest BCUT2D eigenvalue weighted by atomic mass is 10.2. The van der Waals surface area contributed by atoms with E-state index in [9.17, 15) is 18.0 Å². The van der Waals surface area contributed by atoms with E-state index in [0.29, 0.717) is 0 Å². The van der Waals surface area contributed by atoms with Crippen molar-refractivity contribution in [2.45, 2.75) is 6.18 Å². The Kier molecular flexibility index (Phi) is 2.34. The van der Waals surface area contributed by atoms with Gasteiger partial charge in [0.2, 0.25) is 0 Å². The number of carboxylic acid groups (broad SMARTS) is 1. The number of thiophene rings is 1. The van der Waals surface area contributed by atoms with Crippen LogP contribution in [0.5, 0.6) is 0 Å². The number of rotatable bonds is 1. The van der Waals surface area contributed by atoms with Crippen molar-refractivity contribution < 1.29 is 23.1 Å². The highest BCUT2D eigenvalue weighted by atomic mass is 32.1. The fourth-order valence-corrected chi connectivity index (χ4v) is 2.16. The lowest BCUT2D eigenvalue weighted by molar-refractivity contribution is -0.136. The molecule has 16 heavy (non-hydrogen) atoms. The first-order chi connectivity index (χ1) is 7.39. The normalized spacial score (nSPS) is 11.9. The Labute approximate surface area is 91.2 Å². The van der Waals surface area contributed by atoms with E-state index in [0.717, 1.165) is 29.7 Å². The van der Waals surface area contributed by atoms with Gasteiger partial charge in [0.25, 0.3) is 0 Å². The van der Waals surface area contributed by atoms with E-state index < -0.39 is 17.7 Å². The monoisotopic (exact) mass is 247 g/mol. The smallest absolute Gasteiger partial charge is 0.417 e. The molecule has 0 saturated carbocycles. The third kappa shape index (κ3) is 1.73. The Morgan fingerprint density at radius 1 is 1.44 bits per heavy atom. The maximum atomic E-state index is 12.6. The van der Waals surface area contributed by atoms with Crippen LogP contribution in [0.25, 0.3) is 10.2 Å². The summed E-state index contributed by atoms with van der Waals surface area (Å²) >= 11 is 0.725. The van der Waals surface area contributed by atoms with Crippen LogP contribution >= 0.6 is 11.3 Å². The van der Waals surface area contributed by atoms with E-state index in [1.165, 1.54) is 0 Å². The number of alkyl halides is 3. The summed E-state index contributed by atoms with van der Waals surface area (Å²) in [5, 5.41) is 8.51. The van der Waals surface area contributed by atoms with E-state index in [4.69, 9.17) is 5.11 Å². The van der Waals surface area contributed by atoms with E-state index in [1.807, 2.05) is 0 Å². The first kappa shape index (κ1) is 10.9. The molecule has 0 aromatic carbocycles. The van der Waals surface area contributed by atoms with Gasteiger partial charge in [-0.05, 0) is 12.1 Å². The van der Waals surface area contributed by atoms with Gasteiger partial charge in [-0.25, -0.2) is 9.78 Å². The van der Waals surface area contributed by atoms with Crippen LogP contribution in [0.2, 0.25) is 0 Å². The average Bonchev–Trinajstić information content (AvgIpc) is 2.58. The molecule has 0 spiro atoms. The summed E-state index contributed by atoms with van der Waals surface area (Å²) in [6, 6.07) is 1.83. The molecule has 0 aliphatic heterocycles. The van der Waals surface area contributed by atoms with Crippen molar-refractivity contribution >= 4 is 27.5 Å². The molecule has 0 aliphatic carbocycles. The molecule has 0 fully saturated rings. The first-order valence-corrected chi connectivity index (χ1v) is 4.90. The second-order valence-corrected chi connectivity index (χ2v) is 4.02. The SMILES string of the molecule is O=C(O)c1cc2c(C(F)(F)F)ccnc2s1. The molecular weight excluding hydrogens is 243 g/mol. The topological polar surface area (TPSA) is 50.2 Å². The van der Waals surface area contributed by atoms with Crippen molar-refractivity contribution in [1.82, 2.24) is 4.98 Å². The second kappa shape index (κ2) is 3.44. The minimum atomic E-state index is -4.50. The molecule has 0 bridgehead atoms. The summed E-state index contributed by atoms with van der Waals surface area (Å²) in [6.07, 6.45) is -3.48. The minimum Gasteiger partial charge on any atom is -0.477 e. The summed E-state index contributed by atoms with van der Waals surface area (Å²) in [5.74, 6) is -1.25. The van der Waals surface area contributed by atoms with Gasteiger partial charge in [-0.2, -0.15) is 13.2 Å². The number of nitrogens with zero attached hydrogens (tertiary/aromatic N) is 1. The van der Waals surface area contributed by atoms with Crippen molar-refractivity contribution in [3.8, 4) is 0 Å². The quantitative estimate of drug-likeness (QED) is 0.842. The molecule has 0 radical (unpaired) electrons. The molecule has 2 aromatic heterocycles. The Hall–Kier alpha value is -1.63. The molecule has 1 N–H and O–H groups in total. The molecule has 2 aromatic rings. The number of carboxylic acids is 1. The highest BCUT2D eigenvalue weighted by molar-refractivity contribution is 7.20. The zero-order valence-corrected chi connectivity index (χ0v) is 8.39. The van der Waals surface area contributed by atoms with Crippen molar-refractivity contribution in [3.63, 3.8) is 0 Å². The van der Waals surface area contributed by atoms with Crippen LogP contribution < -0.4 is 0 Å². The van der Waals surface area contributed by atoms with Crippen LogP contribution in [0.15, 0.2) is 18.3 Å². The van der Waals surface area contributed by atoms with Crippen LogP contribution in [-0.2, 0) is 6.18 Å². The largest absolute Gasteiger partial charge is 0.477 e. The molecule has 0 amide bonds. The van der Waals surface area contributed by atoms with Gasteiger partial charge in [-0.3, -0.25) is 0 Å². The number of aromatic nitrogens is 1. The zero-order valence-electron chi connectivity index (χ0n) is 7.58. The second-order valence-electron chi connectivity index (χ2n) is 2.99. The summed E-state index contributed by atoms with van der Waals surface area (Å²) < 4.78 is 37.7. The van der Waals surface area contributed by atoms with Crippen molar-refractivity contribution in [2.24, 2.45) is 0 Å². The first-order valence-electron chi connectivity index (χ1n) is 4.08. The highest BCUT2D eigenvalue weighted by Gasteiger charge is 2.33. The van der Waals surface area contributed by atoms with Gasteiger partial charge in [0.1, 0.15) is 9.71 Å². The number of halogens is 3. The van der Waals surface area contributed by atoms with Gasteiger partial charge in [0, 0.05) is 11.6 Å². The number of fused-ring (bicyclic) bond motifs is 1. The van der Waals surface area contributed by atoms with Gasteiger partial charge < -0.3 is 5.11 Å². The lowest BCUT2D eigenvalue weighted by Gasteiger charge is -2.06. The van der Waals surface area contributed by atoms with Crippen LogP contribution in [0.3, 0.4) is 0 Å². The third-order valence-electron chi connectivity index (χ3n) is 1.95. The molecular formula is C9H4F3NO2S. The van der Waals surface area contributed by atoms with Gasteiger partial charge >= 0.3 is 12.1 Å². The summed E-state index contributed by atoms with van der Waals surface area (Å²) in [5.41, 5.74) is -0.860. The summed E-state index contributed by atoms with van der Waals surface area (Å²) in [7, 11) is 0. The maximum absolute atomic E-state index is 12.6. The Balaban J connectivity index is 2.73. The lowest BCUT2D eigenvalue weighted by Crippen LogP contribution is -2.05. The molecule has 0 aliphatic rings. The number of hydrogen-bond acceptors (Lipinski definition) is 3. The molecule has 3 nitrogen and oxygen atoms in total. The van der Waals surface area contributed by atoms with E-state index >= 15 is 0 Å². The third-order valence-corrected chi connectivity index (χ3v) is 2.98. The predicted molar refractivity (Wildman–Crippen MR) is 51.6 cm³/mol. The fraction of sp³-hybridized carbons (Fsp3) is 0.111. The van der Waals surface area contributed by atoms with E-state index in [-0.39, 0.29) is 15.1 Å². The summed E-state index contributed by atoms with van der Waals surface area (Å²) in [6.45, 7) is 0. The molecule has 0 saturated heterocycles. The number of carbonyl (C=O) groups is 1. The van der Waals surface area contributed by atoms with E-state index in [1.54, 1.807) is 0 Å². The number of aromatic carboxylic acids is 1. The number of hydrogen-bond donors (Lipinski definition) is 1. The highest BCUT2D eigenvalue weighted by Crippen LogP contribution is 2.36. The summed E-state index contributed by atoms with van der Waals surface area (Å²) in [4.78, 5) is 14.3. The Morgan fingerprint density at radius 2 is 2.12 bits per heavy atom. The zero-order chi connectivity index (χ0) is 11.9. The molecule has 84 valence electrons. The van der Waals surface area contributed by atoms with Gasteiger partial charge in [0.05, 0.1) is 5.56 Å². The van der Waals surface area contributed by atoms with Crippen LogP contribution in [0.1, 0.15) is 15.2 Å². The van der Waals surface area contributed by atoms with Crippen molar-refractivity contribution in [1.29, 1.82) is 0 Å². The average molecular weight is 247 g/mol. The van der Waals surface area contributed by atoms with Crippen LogP contribution in [-0.4, -0.2) is 16.1 Å². The maximum Gasteiger partial charge on any atom is 0.417 e. The van der Waals surface area contributed by atoms with Gasteiger partial charge in [0.15, 0.2) is 0 Å². The van der Waals surface area contributed by atoms with Gasteiger partial charge in [-0.15, -0.1) is 11.3 Å². The van der Waals surface area contributed by atoms with Gasteiger partial charge in [-0.1, -0.05) is 0 Å².